The Bertz CT molecular complexity index is 259. The zero-order chi connectivity index (χ0) is 12.8. The molecule has 1 amide bonds. The van der Waals surface area contributed by atoms with Crippen molar-refractivity contribution in [1.82, 2.24) is 10.2 Å². The van der Waals surface area contributed by atoms with Crippen LogP contribution >= 0.6 is 0 Å². The van der Waals surface area contributed by atoms with Gasteiger partial charge in [0.25, 0.3) is 0 Å². The molecule has 18 heavy (non-hydrogen) atoms. The minimum absolute atomic E-state index is 0.317. The van der Waals surface area contributed by atoms with E-state index in [1.165, 1.54) is 44.9 Å². The van der Waals surface area contributed by atoms with Crippen molar-refractivity contribution >= 4 is 5.91 Å². The van der Waals surface area contributed by atoms with Crippen molar-refractivity contribution in [2.45, 2.75) is 76.3 Å². The first-order chi connectivity index (χ1) is 8.75. The van der Waals surface area contributed by atoms with Crippen molar-refractivity contribution < 1.29 is 4.79 Å². The average molecular weight is 252 g/mol. The number of amides is 1. The van der Waals surface area contributed by atoms with E-state index in [0.717, 1.165) is 25.8 Å². The van der Waals surface area contributed by atoms with Gasteiger partial charge in [-0.25, -0.2) is 0 Å². The molecule has 1 saturated heterocycles. The fourth-order valence-electron chi connectivity index (χ4n) is 3.23. The molecule has 3 heteroatoms. The second kappa shape index (κ2) is 7.13. The summed E-state index contributed by atoms with van der Waals surface area (Å²) in [4.78, 5) is 13.5. The van der Waals surface area contributed by atoms with Gasteiger partial charge in [0.05, 0.1) is 0 Å². The summed E-state index contributed by atoms with van der Waals surface area (Å²) in [6.07, 6.45) is 12.5. The molecule has 0 radical (unpaired) electrons. The maximum absolute atomic E-state index is 11.7. The van der Waals surface area contributed by atoms with Crippen LogP contribution in [-0.2, 0) is 4.79 Å². The Morgan fingerprint density at radius 2 is 1.56 bits per heavy atom. The molecule has 1 aliphatic carbocycles. The molecule has 0 aromatic heterocycles. The molecule has 2 aliphatic rings. The summed E-state index contributed by atoms with van der Waals surface area (Å²) in [6, 6.07) is 1.26. The van der Waals surface area contributed by atoms with Crippen LogP contribution < -0.4 is 5.32 Å². The van der Waals surface area contributed by atoms with Crippen LogP contribution in [0.1, 0.15) is 64.2 Å². The molecule has 1 saturated carbocycles. The summed E-state index contributed by atoms with van der Waals surface area (Å²) in [6.45, 7) is 0.920. The van der Waals surface area contributed by atoms with Crippen LogP contribution in [0.3, 0.4) is 0 Å². The maximum Gasteiger partial charge on any atom is 0.222 e. The zero-order valence-corrected chi connectivity index (χ0v) is 11.8. The molecule has 2 rings (SSSR count). The van der Waals surface area contributed by atoms with Gasteiger partial charge in [-0.05, 0) is 25.7 Å². The first kappa shape index (κ1) is 13.9. The summed E-state index contributed by atoms with van der Waals surface area (Å²) in [7, 11) is 1.93. The Labute approximate surface area is 111 Å². The Morgan fingerprint density at radius 3 is 2.28 bits per heavy atom. The van der Waals surface area contributed by atoms with Crippen LogP contribution in [0.4, 0.5) is 0 Å². The first-order valence-corrected chi connectivity index (χ1v) is 7.76. The summed E-state index contributed by atoms with van der Waals surface area (Å²) in [5.41, 5.74) is 0. The topological polar surface area (TPSA) is 32.3 Å². The van der Waals surface area contributed by atoms with Gasteiger partial charge in [0.1, 0.15) is 0 Å². The standard InChI is InChI=1S/C15H28N2O/c1-17-12-11-14(9-10-15(17)18)16-13-7-5-3-2-4-6-8-13/h13-14,16H,2-12H2,1H3/t14-/m0/s1. The fourth-order valence-corrected chi connectivity index (χ4v) is 3.23. The fraction of sp³-hybridized carbons (Fsp3) is 0.933. The number of carbonyl (C=O) groups is 1. The lowest BCUT2D eigenvalue weighted by molar-refractivity contribution is -0.129. The summed E-state index contributed by atoms with van der Waals surface area (Å²) in [5.74, 6) is 0.317. The quantitative estimate of drug-likeness (QED) is 0.819. The Morgan fingerprint density at radius 1 is 0.944 bits per heavy atom. The number of hydrogen-bond donors (Lipinski definition) is 1. The monoisotopic (exact) mass is 252 g/mol. The van der Waals surface area contributed by atoms with Crippen molar-refractivity contribution in [2.24, 2.45) is 0 Å². The number of likely N-dealkylation sites (tertiary alicyclic amines) is 1. The van der Waals surface area contributed by atoms with Gasteiger partial charge in [0.2, 0.25) is 5.91 Å². The molecule has 0 unspecified atom stereocenters. The summed E-state index contributed by atoms with van der Waals surface area (Å²) < 4.78 is 0. The van der Waals surface area contributed by atoms with E-state index in [-0.39, 0.29) is 0 Å². The van der Waals surface area contributed by atoms with E-state index in [1.807, 2.05) is 11.9 Å². The second-order valence-electron chi connectivity index (χ2n) is 6.05. The molecular formula is C15H28N2O. The van der Waals surface area contributed by atoms with Crippen LogP contribution in [-0.4, -0.2) is 36.5 Å². The Balaban J connectivity index is 1.78. The highest BCUT2D eigenvalue weighted by Gasteiger charge is 2.22. The SMILES string of the molecule is CN1CC[C@@H](NC2CCCCCCC2)CCC1=O. The largest absolute Gasteiger partial charge is 0.346 e. The van der Waals surface area contributed by atoms with E-state index in [9.17, 15) is 4.79 Å². The molecule has 1 atom stereocenters. The molecule has 0 bridgehead atoms. The number of nitrogens with one attached hydrogen (secondary N) is 1. The van der Waals surface area contributed by atoms with E-state index < -0.39 is 0 Å². The Kier molecular flexibility index (Phi) is 5.48. The predicted octanol–water partition coefficient (Wildman–Crippen LogP) is 2.70. The van der Waals surface area contributed by atoms with Crippen LogP contribution in [0.5, 0.6) is 0 Å². The van der Waals surface area contributed by atoms with E-state index in [0.29, 0.717) is 18.0 Å². The van der Waals surface area contributed by atoms with Crippen molar-refractivity contribution in [3.05, 3.63) is 0 Å². The smallest absolute Gasteiger partial charge is 0.222 e. The van der Waals surface area contributed by atoms with Crippen molar-refractivity contribution in [1.29, 1.82) is 0 Å². The van der Waals surface area contributed by atoms with Gasteiger partial charge in [0.15, 0.2) is 0 Å². The lowest BCUT2D eigenvalue weighted by Gasteiger charge is -2.26. The summed E-state index contributed by atoms with van der Waals surface area (Å²) >= 11 is 0. The molecule has 0 spiro atoms. The lowest BCUT2D eigenvalue weighted by atomic mass is 9.95. The first-order valence-electron chi connectivity index (χ1n) is 7.76. The molecule has 2 fully saturated rings. The average Bonchev–Trinajstić information content (AvgIpc) is 2.48. The van der Waals surface area contributed by atoms with Crippen LogP contribution in [0.25, 0.3) is 0 Å². The lowest BCUT2D eigenvalue weighted by Crippen LogP contribution is -2.39. The van der Waals surface area contributed by atoms with Gasteiger partial charge in [-0.1, -0.05) is 32.1 Å². The molecule has 1 N–H and O–H groups in total. The predicted molar refractivity (Wildman–Crippen MR) is 74.5 cm³/mol. The van der Waals surface area contributed by atoms with Gasteiger partial charge in [-0.15, -0.1) is 0 Å². The molecule has 0 aromatic carbocycles. The highest BCUT2D eigenvalue weighted by Crippen LogP contribution is 2.19. The number of rotatable bonds is 2. The minimum Gasteiger partial charge on any atom is -0.346 e. The normalized spacial score (nSPS) is 28.6. The van der Waals surface area contributed by atoms with Gasteiger partial charge in [-0.2, -0.15) is 0 Å². The highest BCUT2D eigenvalue weighted by molar-refractivity contribution is 5.76. The van der Waals surface area contributed by atoms with Gasteiger partial charge >= 0.3 is 0 Å². The number of nitrogens with zero attached hydrogens (tertiary/aromatic N) is 1. The highest BCUT2D eigenvalue weighted by atomic mass is 16.2. The molecule has 104 valence electrons. The number of hydrogen-bond acceptors (Lipinski definition) is 2. The molecule has 0 aromatic rings. The third kappa shape index (κ3) is 4.27. The van der Waals surface area contributed by atoms with Crippen LogP contribution in [0.15, 0.2) is 0 Å². The third-order valence-electron chi connectivity index (χ3n) is 4.52. The third-order valence-corrected chi connectivity index (χ3v) is 4.52. The van der Waals surface area contributed by atoms with Gasteiger partial charge < -0.3 is 10.2 Å². The number of carbonyl (C=O) groups excluding carboxylic acids is 1. The van der Waals surface area contributed by atoms with Crippen LogP contribution in [0, 0.1) is 0 Å². The van der Waals surface area contributed by atoms with E-state index in [1.54, 1.807) is 0 Å². The molecule has 1 aliphatic heterocycles. The van der Waals surface area contributed by atoms with Crippen molar-refractivity contribution in [3.8, 4) is 0 Å². The van der Waals surface area contributed by atoms with E-state index in [4.69, 9.17) is 0 Å². The molecule has 1 heterocycles. The maximum atomic E-state index is 11.7. The molecule has 3 nitrogen and oxygen atoms in total. The summed E-state index contributed by atoms with van der Waals surface area (Å²) in [5, 5.41) is 3.83. The second-order valence-corrected chi connectivity index (χ2v) is 6.05. The van der Waals surface area contributed by atoms with Crippen LogP contribution in [0.2, 0.25) is 0 Å². The van der Waals surface area contributed by atoms with E-state index in [2.05, 4.69) is 5.32 Å². The molecular weight excluding hydrogens is 224 g/mol. The van der Waals surface area contributed by atoms with E-state index >= 15 is 0 Å². The van der Waals surface area contributed by atoms with Crippen molar-refractivity contribution in [3.63, 3.8) is 0 Å². The van der Waals surface area contributed by atoms with Crippen molar-refractivity contribution in [2.75, 3.05) is 13.6 Å². The van der Waals surface area contributed by atoms with Gasteiger partial charge in [0, 0.05) is 32.1 Å². The Hall–Kier alpha value is -0.570. The minimum atomic E-state index is 0.317. The van der Waals surface area contributed by atoms with Gasteiger partial charge in [-0.3, -0.25) is 4.79 Å². The zero-order valence-electron chi connectivity index (χ0n) is 11.8.